The first-order valence-electron chi connectivity index (χ1n) is 10.4. The minimum absolute atomic E-state index is 0.0316. The SMILES string of the molecule is CN1c2ccc(-c3ccccc3)cc2C(C)(C)C12C=Cc1cc([N+](=O)[O-])cc([N+](=O)[O-])c1O2. The number of benzene rings is 3. The van der Waals surface area contributed by atoms with Crippen LogP contribution in [0.25, 0.3) is 17.2 Å². The Bertz CT molecular complexity index is 1350. The molecule has 0 fully saturated rings. The minimum Gasteiger partial charge on any atom is -0.456 e. The third-order valence-corrected chi connectivity index (χ3v) is 6.77. The molecule has 3 aromatic rings. The lowest BCUT2D eigenvalue weighted by Gasteiger charge is -2.45. The maximum Gasteiger partial charge on any atom is 0.318 e. The molecule has 1 spiro atoms. The highest BCUT2D eigenvalue weighted by molar-refractivity contribution is 5.78. The Labute approximate surface area is 190 Å². The minimum atomic E-state index is -1.04. The second kappa shape index (κ2) is 6.90. The van der Waals surface area contributed by atoms with E-state index in [9.17, 15) is 20.2 Å². The number of nitro groups is 2. The fourth-order valence-electron chi connectivity index (χ4n) is 4.94. The number of hydrogen-bond acceptors (Lipinski definition) is 6. The average Bonchev–Trinajstić information content (AvgIpc) is 2.96. The maximum absolute atomic E-state index is 11.8. The summed E-state index contributed by atoms with van der Waals surface area (Å²) in [5, 5.41) is 23.1. The van der Waals surface area contributed by atoms with Crippen LogP contribution in [0.5, 0.6) is 5.75 Å². The third kappa shape index (κ3) is 2.83. The van der Waals surface area contributed by atoms with Gasteiger partial charge in [-0.05, 0) is 54.8 Å². The predicted octanol–water partition coefficient (Wildman–Crippen LogP) is 5.70. The van der Waals surface area contributed by atoms with Crippen molar-refractivity contribution in [2.45, 2.75) is 25.0 Å². The van der Waals surface area contributed by atoms with E-state index in [0.717, 1.165) is 28.4 Å². The van der Waals surface area contributed by atoms with Crippen LogP contribution >= 0.6 is 0 Å². The molecule has 5 rings (SSSR count). The highest BCUT2D eigenvalue weighted by Crippen LogP contribution is 2.56. The van der Waals surface area contributed by atoms with Crippen molar-refractivity contribution >= 4 is 23.1 Å². The van der Waals surface area contributed by atoms with E-state index in [4.69, 9.17) is 4.74 Å². The molecule has 0 amide bonds. The van der Waals surface area contributed by atoms with E-state index in [1.54, 1.807) is 6.08 Å². The van der Waals surface area contributed by atoms with E-state index < -0.39 is 26.7 Å². The highest BCUT2D eigenvalue weighted by atomic mass is 16.6. The van der Waals surface area contributed by atoms with Crippen molar-refractivity contribution < 1.29 is 14.6 Å². The van der Waals surface area contributed by atoms with E-state index in [0.29, 0.717) is 5.56 Å². The van der Waals surface area contributed by atoms with Gasteiger partial charge in [-0.1, -0.05) is 36.4 Å². The molecular formula is C25H21N3O5. The van der Waals surface area contributed by atoms with E-state index in [1.807, 2.05) is 74.3 Å². The van der Waals surface area contributed by atoms with Crippen molar-refractivity contribution in [3.8, 4) is 16.9 Å². The van der Waals surface area contributed by atoms with Gasteiger partial charge in [-0.25, -0.2) is 0 Å². The molecule has 0 N–H and O–H groups in total. The molecule has 33 heavy (non-hydrogen) atoms. The summed E-state index contributed by atoms with van der Waals surface area (Å²) in [4.78, 5) is 23.7. The van der Waals surface area contributed by atoms with Gasteiger partial charge in [-0.15, -0.1) is 0 Å². The second-order valence-corrected chi connectivity index (χ2v) is 8.81. The van der Waals surface area contributed by atoms with Crippen molar-refractivity contribution in [2.75, 3.05) is 11.9 Å². The number of hydrogen-bond donors (Lipinski definition) is 0. The molecule has 8 nitrogen and oxygen atoms in total. The van der Waals surface area contributed by atoms with Gasteiger partial charge in [-0.3, -0.25) is 20.2 Å². The van der Waals surface area contributed by atoms with Gasteiger partial charge in [-0.2, -0.15) is 0 Å². The second-order valence-electron chi connectivity index (χ2n) is 8.81. The highest BCUT2D eigenvalue weighted by Gasteiger charge is 2.58. The van der Waals surface area contributed by atoms with Crippen molar-refractivity contribution in [1.82, 2.24) is 0 Å². The smallest absolute Gasteiger partial charge is 0.318 e. The summed E-state index contributed by atoms with van der Waals surface area (Å²) in [6, 6.07) is 18.5. The standard InChI is InChI=1S/C25H21N3O5/c1-24(2)20-14-17(16-7-5-4-6-8-16)9-10-21(20)26(3)25(24)12-11-18-13-19(27(29)30)15-22(28(31)32)23(18)33-25/h4-15H,1-3H3. The van der Waals surface area contributed by atoms with Crippen molar-refractivity contribution in [1.29, 1.82) is 0 Å². The Morgan fingerprint density at radius 2 is 1.64 bits per heavy atom. The van der Waals surface area contributed by atoms with E-state index in [2.05, 4.69) is 6.07 Å². The summed E-state index contributed by atoms with van der Waals surface area (Å²) < 4.78 is 6.44. The molecule has 0 aromatic heterocycles. The third-order valence-electron chi connectivity index (χ3n) is 6.77. The van der Waals surface area contributed by atoms with Gasteiger partial charge in [0.05, 0.1) is 21.3 Å². The molecule has 0 bridgehead atoms. The summed E-state index contributed by atoms with van der Waals surface area (Å²) in [6.45, 7) is 4.08. The quantitative estimate of drug-likeness (QED) is 0.380. The number of nitrogens with zero attached hydrogens (tertiary/aromatic N) is 3. The molecule has 2 aliphatic rings. The Hall–Kier alpha value is -4.20. The first kappa shape index (κ1) is 20.7. The molecule has 0 saturated carbocycles. The summed E-state index contributed by atoms with van der Waals surface area (Å²) in [7, 11) is 1.89. The summed E-state index contributed by atoms with van der Waals surface area (Å²) in [6.07, 6.45) is 3.52. The average molecular weight is 443 g/mol. The monoisotopic (exact) mass is 443 g/mol. The lowest BCUT2D eigenvalue weighted by Crippen LogP contribution is -2.58. The molecule has 2 aliphatic heterocycles. The largest absolute Gasteiger partial charge is 0.456 e. The van der Waals surface area contributed by atoms with Gasteiger partial charge in [0.1, 0.15) is 0 Å². The number of likely N-dealkylation sites (N-methyl/N-ethyl adjacent to an activating group) is 1. The number of nitro benzene ring substituents is 2. The molecule has 1 atom stereocenters. The van der Waals surface area contributed by atoms with E-state index in [1.165, 1.54) is 6.07 Å². The molecule has 1 unspecified atom stereocenters. The Morgan fingerprint density at radius 1 is 0.909 bits per heavy atom. The zero-order chi connectivity index (χ0) is 23.5. The molecule has 8 heteroatoms. The zero-order valence-corrected chi connectivity index (χ0v) is 18.3. The summed E-state index contributed by atoms with van der Waals surface area (Å²) in [5.41, 5.74) is 2.06. The molecular weight excluding hydrogens is 422 g/mol. The molecule has 0 aliphatic carbocycles. The number of ether oxygens (including phenoxy) is 1. The topological polar surface area (TPSA) is 98.8 Å². The van der Waals surface area contributed by atoms with Crippen LogP contribution in [-0.2, 0) is 5.41 Å². The predicted molar refractivity (Wildman–Crippen MR) is 125 cm³/mol. The lowest BCUT2D eigenvalue weighted by molar-refractivity contribution is -0.395. The first-order chi connectivity index (χ1) is 15.7. The summed E-state index contributed by atoms with van der Waals surface area (Å²) in [5.74, 6) is 0.0316. The first-order valence-corrected chi connectivity index (χ1v) is 10.4. The number of fused-ring (bicyclic) bond motifs is 2. The van der Waals surface area contributed by atoms with E-state index >= 15 is 0 Å². The fourth-order valence-corrected chi connectivity index (χ4v) is 4.94. The Kier molecular flexibility index (Phi) is 4.32. The molecule has 3 aromatic carbocycles. The normalized spacial score (nSPS) is 19.7. The fraction of sp³-hybridized carbons (Fsp3) is 0.200. The van der Waals surface area contributed by atoms with Gasteiger partial charge >= 0.3 is 5.69 Å². The van der Waals surface area contributed by atoms with E-state index in [-0.39, 0.29) is 11.4 Å². The van der Waals surface area contributed by atoms with Gasteiger partial charge < -0.3 is 9.64 Å². The van der Waals surface area contributed by atoms with Crippen LogP contribution in [0.2, 0.25) is 0 Å². The molecule has 0 saturated heterocycles. The van der Waals surface area contributed by atoms with Crippen molar-refractivity contribution in [3.63, 3.8) is 0 Å². The molecule has 2 heterocycles. The number of non-ortho nitro benzene ring substituents is 1. The Morgan fingerprint density at radius 3 is 2.30 bits per heavy atom. The maximum atomic E-state index is 11.8. The van der Waals surface area contributed by atoms with Gasteiger partial charge in [0.2, 0.25) is 11.5 Å². The van der Waals surface area contributed by atoms with Gasteiger partial charge in [0.15, 0.2) is 0 Å². The number of rotatable bonds is 3. The van der Waals surface area contributed by atoms with Crippen LogP contribution in [0, 0.1) is 20.2 Å². The lowest BCUT2D eigenvalue weighted by atomic mass is 9.75. The molecule has 166 valence electrons. The molecule has 0 radical (unpaired) electrons. The van der Waals surface area contributed by atoms with Crippen molar-refractivity contribution in [2.24, 2.45) is 0 Å². The van der Waals surface area contributed by atoms with Crippen LogP contribution in [-0.4, -0.2) is 22.6 Å². The van der Waals surface area contributed by atoms with Gasteiger partial charge in [0.25, 0.3) is 5.69 Å². The summed E-state index contributed by atoms with van der Waals surface area (Å²) >= 11 is 0. The van der Waals surface area contributed by atoms with Gasteiger partial charge in [0, 0.05) is 24.4 Å². The van der Waals surface area contributed by atoms with Crippen LogP contribution < -0.4 is 9.64 Å². The van der Waals surface area contributed by atoms with Crippen molar-refractivity contribution in [3.05, 3.63) is 98.1 Å². The number of anilines is 1. The van der Waals surface area contributed by atoms with Crippen LogP contribution in [0.15, 0.2) is 66.7 Å². The van der Waals surface area contributed by atoms with Crippen LogP contribution in [0.1, 0.15) is 25.0 Å². The zero-order valence-electron chi connectivity index (χ0n) is 18.3. The van der Waals surface area contributed by atoms with Crippen LogP contribution in [0.4, 0.5) is 17.1 Å². The Balaban J connectivity index is 1.65. The van der Waals surface area contributed by atoms with Crippen LogP contribution in [0.3, 0.4) is 0 Å².